The van der Waals surface area contributed by atoms with Crippen molar-refractivity contribution in [2.45, 2.75) is 26.8 Å². The summed E-state index contributed by atoms with van der Waals surface area (Å²) in [5.74, 6) is 1.74. The number of aliphatic imine (C=N–C) groups is 1. The third kappa shape index (κ3) is 4.73. The zero-order valence-electron chi connectivity index (χ0n) is 14.1. The summed E-state index contributed by atoms with van der Waals surface area (Å²) in [5, 5.41) is 8.10. The van der Waals surface area contributed by atoms with Crippen LogP contribution in [0.15, 0.2) is 33.8 Å². The van der Waals surface area contributed by atoms with E-state index in [0.717, 1.165) is 47.5 Å². The highest BCUT2D eigenvalue weighted by Crippen LogP contribution is 2.13. The Hall–Kier alpha value is -2.01. The van der Waals surface area contributed by atoms with Crippen LogP contribution in [0.25, 0.3) is 0 Å². The van der Waals surface area contributed by atoms with Crippen LogP contribution in [-0.2, 0) is 13.0 Å². The van der Waals surface area contributed by atoms with Gasteiger partial charge >= 0.3 is 0 Å². The van der Waals surface area contributed by atoms with Crippen molar-refractivity contribution in [3.63, 3.8) is 0 Å². The fraction of sp³-hybridized carbons (Fsp3) is 0.412. The molecule has 2 aromatic rings. The summed E-state index contributed by atoms with van der Waals surface area (Å²) in [4.78, 5) is 6.41. The third-order valence-electron chi connectivity index (χ3n) is 3.75. The number of nitrogens with zero attached hydrogens (tertiary/aromatic N) is 3. The molecule has 0 aliphatic heterocycles. The van der Waals surface area contributed by atoms with Gasteiger partial charge in [-0.15, -0.1) is 0 Å². The van der Waals surface area contributed by atoms with E-state index < -0.39 is 0 Å². The molecular formula is C17H23ClN4O. The Morgan fingerprint density at radius 2 is 2.00 bits per heavy atom. The molecule has 0 atom stereocenters. The maximum absolute atomic E-state index is 5.92. The predicted molar refractivity (Wildman–Crippen MR) is 94.0 cm³/mol. The molecule has 0 saturated carbocycles. The van der Waals surface area contributed by atoms with Crippen molar-refractivity contribution in [2.75, 3.05) is 20.6 Å². The van der Waals surface area contributed by atoms with E-state index in [4.69, 9.17) is 16.1 Å². The van der Waals surface area contributed by atoms with Crippen LogP contribution in [0.2, 0.25) is 5.02 Å². The van der Waals surface area contributed by atoms with Crippen LogP contribution in [0, 0.1) is 13.8 Å². The Bertz CT molecular complexity index is 644. The van der Waals surface area contributed by atoms with Gasteiger partial charge in [-0.05, 0) is 38.0 Å². The molecule has 2 rings (SSSR count). The Morgan fingerprint density at radius 1 is 1.30 bits per heavy atom. The first-order valence-corrected chi connectivity index (χ1v) is 7.97. The first-order valence-electron chi connectivity index (χ1n) is 7.59. The van der Waals surface area contributed by atoms with Gasteiger partial charge in [0, 0.05) is 37.8 Å². The Labute approximate surface area is 142 Å². The van der Waals surface area contributed by atoms with Crippen molar-refractivity contribution in [2.24, 2.45) is 4.99 Å². The van der Waals surface area contributed by atoms with E-state index in [1.54, 1.807) is 7.05 Å². The quantitative estimate of drug-likeness (QED) is 0.674. The highest BCUT2D eigenvalue weighted by atomic mass is 35.5. The Morgan fingerprint density at radius 3 is 2.57 bits per heavy atom. The van der Waals surface area contributed by atoms with E-state index in [1.165, 1.54) is 5.56 Å². The molecule has 5 nitrogen and oxygen atoms in total. The van der Waals surface area contributed by atoms with Crippen molar-refractivity contribution in [3.05, 3.63) is 51.9 Å². The highest BCUT2D eigenvalue weighted by molar-refractivity contribution is 6.30. The zero-order chi connectivity index (χ0) is 16.8. The van der Waals surface area contributed by atoms with Crippen LogP contribution >= 0.6 is 11.6 Å². The molecule has 0 amide bonds. The van der Waals surface area contributed by atoms with Crippen molar-refractivity contribution in [1.82, 2.24) is 15.4 Å². The summed E-state index contributed by atoms with van der Waals surface area (Å²) in [6.07, 6.45) is 0.856. The predicted octanol–water partition coefficient (Wildman–Crippen LogP) is 3.19. The number of rotatable bonds is 5. The lowest BCUT2D eigenvalue weighted by Crippen LogP contribution is -2.39. The standard InChI is InChI=1S/C17H23ClN4O/c1-12-16(13(2)23-21-12)9-10-20-17(19-3)22(4)11-14-5-7-15(18)8-6-14/h5-8H,9-11H2,1-4H3,(H,19,20). The lowest BCUT2D eigenvalue weighted by Gasteiger charge is -2.22. The highest BCUT2D eigenvalue weighted by Gasteiger charge is 2.10. The lowest BCUT2D eigenvalue weighted by atomic mass is 10.1. The van der Waals surface area contributed by atoms with E-state index in [1.807, 2.05) is 45.2 Å². The average Bonchev–Trinajstić information content (AvgIpc) is 2.85. The van der Waals surface area contributed by atoms with Gasteiger partial charge in [-0.1, -0.05) is 28.9 Å². The van der Waals surface area contributed by atoms with E-state index >= 15 is 0 Å². The number of hydrogen-bond donors (Lipinski definition) is 1. The average molecular weight is 335 g/mol. The van der Waals surface area contributed by atoms with Crippen LogP contribution in [0.3, 0.4) is 0 Å². The number of nitrogens with one attached hydrogen (secondary N) is 1. The molecule has 6 heteroatoms. The fourth-order valence-corrected chi connectivity index (χ4v) is 2.61. The summed E-state index contributed by atoms with van der Waals surface area (Å²) in [7, 11) is 3.80. The van der Waals surface area contributed by atoms with Crippen LogP contribution in [0.1, 0.15) is 22.6 Å². The summed E-state index contributed by atoms with van der Waals surface area (Å²) < 4.78 is 5.19. The second kappa shape index (κ2) is 8.02. The van der Waals surface area contributed by atoms with Gasteiger partial charge in [0.2, 0.25) is 0 Å². The topological polar surface area (TPSA) is 53.7 Å². The molecule has 1 aromatic heterocycles. The summed E-state index contributed by atoms with van der Waals surface area (Å²) in [6.45, 7) is 5.45. The molecule has 1 N–H and O–H groups in total. The molecule has 0 fully saturated rings. The number of benzene rings is 1. The molecule has 0 unspecified atom stereocenters. The van der Waals surface area contributed by atoms with Gasteiger partial charge in [-0.25, -0.2) is 0 Å². The monoisotopic (exact) mass is 334 g/mol. The minimum absolute atomic E-state index is 0.748. The Kier molecular flexibility index (Phi) is 6.04. The van der Waals surface area contributed by atoms with Crippen molar-refractivity contribution < 1.29 is 4.52 Å². The normalized spacial score (nSPS) is 11.6. The first-order chi connectivity index (χ1) is 11.0. The number of halogens is 1. The summed E-state index contributed by atoms with van der Waals surface area (Å²) >= 11 is 5.92. The van der Waals surface area contributed by atoms with Crippen molar-refractivity contribution in [3.8, 4) is 0 Å². The van der Waals surface area contributed by atoms with Crippen LogP contribution in [0.4, 0.5) is 0 Å². The van der Waals surface area contributed by atoms with Crippen LogP contribution in [0.5, 0.6) is 0 Å². The molecule has 1 heterocycles. The molecule has 1 aromatic carbocycles. The first kappa shape index (κ1) is 17.3. The lowest BCUT2D eigenvalue weighted by molar-refractivity contribution is 0.392. The van der Waals surface area contributed by atoms with Crippen molar-refractivity contribution in [1.29, 1.82) is 0 Å². The second-order valence-corrected chi connectivity index (χ2v) is 5.95. The molecule has 0 bridgehead atoms. The minimum atomic E-state index is 0.748. The van der Waals surface area contributed by atoms with Gasteiger partial charge in [0.15, 0.2) is 5.96 Å². The van der Waals surface area contributed by atoms with Gasteiger partial charge < -0.3 is 14.7 Å². The molecule has 0 spiro atoms. The van der Waals surface area contributed by atoms with E-state index in [-0.39, 0.29) is 0 Å². The van der Waals surface area contributed by atoms with E-state index in [2.05, 4.69) is 20.4 Å². The van der Waals surface area contributed by atoms with Crippen LogP contribution < -0.4 is 5.32 Å². The maximum Gasteiger partial charge on any atom is 0.193 e. The SMILES string of the molecule is CN=C(NCCc1c(C)noc1C)N(C)Cc1ccc(Cl)cc1. The molecule has 0 radical (unpaired) electrons. The molecular weight excluding hydrogens is 312 g/mol. The molecule has 0 aliphatic carbocycles. The van der Waals surface area contributed by atoms with Gasteiger partial charge in [-0.2, -0.15) is 0 Å². The number of aromatic nitrogens is 1. The number of guanidine groups is 1. The van der Waals surface area contributed by atoms with Gasteiger partial charge in [0.1, 0.15) is 5.76 Å². The zero-order valence-corrected chi connectivity index (χ0v) is 14.8. The number of aryl methyl sites for hydroxylation is 2. The molecule has 23 heavy (non-hydrogen) atoms. The summed E-state index contributed by atoms with van der Waals surface area (Å²) in [5.41, 5.74) is 3.30. The van der Waals surface area contributed by atoms with Crippen molar-refractivity contribution >= 4 is 17.6 Å². The molecule has 0 saturated heterocycles. The van der Waals surface area contributed by atoms with Gasteiger partial charge in [-0.3, -0.25) is 4.99 Å². The van der Waals surface area contributed by atoms with Gasteiger partial charge in [0.25, 0.3) is 0 Å². The van der Waals surface area contributed by atoms with Crippen LogP contribution in [-0.4, -0.2) is 36.7 Å². The van der Waals surface area contributed by atoms with E-state index in [9.17, 15) is 0 Å². The van der Waals surface area contributed by atoms with E-state index in [0.29, 0.717) is 0 Å². The maximum atomic E-state index is 5.92. The van der Waals surface area contributed by atoms with Gasteiger partial charge in [0.05, 0.1) is 5.69 Å². The largest absolute Gasteiger partial charge is 0.361 e. The summed E-state index contributed by atoms with van der Waals surface area (Å²) in [6, 6.07) is 7.85. The fourth-order valence-electron chi connectivity index (χ4n) is 2.48. The Balaban J connectivity index is 1.88. The smallest absolute Gasteiger partial charge is 0.193 e. The molecule has 124 valence electrons. The number of hydrogen-bond acceptors (Lipinski definition) is 3. The minimum Gasteiger partial charge on any atom is -0.361 e. The third-order valence-corrected chi connectivity index (χ3v) is 4.00. The molecule has 0 aliphatic rings. The second-order valence-electron chi connectivity index (χ2n) is 5.51.